The smallest absolute Gasteiger partial charge is 0.191 e. The first kappa shape index (κ1) is 23.2. The van der Waals surface area contributed by atoms with Crippen molar-refractivity contribution in [2.24, 2.45) is 4.99 Å². The molecule has 2 heterocycles. The number of aliphatic imine (C=N–C) groups is 1. The van der Waals surface area contributed by atoms with Crippen molar-refractivity contribution in [3.05, 3.63) is 24.2 Å². The van der Waals surface area contributed by atoms with E-state index in [0.717, 1.165) is 37.8 Å². The van der Waals surface area contributed by atoms with E-state index in [0.29, 0.717) is 6.61 Å². The molecule has 1 aromatic rings. The Morgan fingerprint density at radius 2 is 1.96 bits per heavy atom. The topological polar surface area (TPSA) is 62.0 Å². The highest BCUT2D eigenvalue weighted by Gasteiger charge is 2.27. The number of guanidine groups is 1. The van der Waals surface area contributed by atoms with Gasteiger partial charge in [-0.1, -0.05) is 6.42 Å². The number of nitrogens with one attached hydrogen (secondary N) is 2. The molecule has 0 amide bonds. The summed E-state index contributed by atoms with van der Waals surface area (Å²) in [6.07, 6.45) is 6.50. The highest BCUT2D eigenvalue weighted by atomic mass is 127. The summed E-state index contributed by atoms with van der Waals surface area (Å²) in [6, 6.07) is 3.92. The first-order valence-corrected chi connectivity index (χ1v) is 9.40. The molecule has 1 aliphatic heterocycles. The average Bonchev–Trinajstić information content (AvgIpc) is 3.13. The van der Waals surface area contributed by atoms with Crippen LogP contribution in [-0.2, 0) is 11.2 Å². The van der Waals surface area contributed by atoms with E-state index in [9.17, 15) is 0 Å². The van der Waals surface area contributed by atoms with Crippen LogP contribution in [0.15, 0.2) is 27.8 Å². The minimum Gasteiger partial charge on any atom is -0.469 e. The van der Waals surface area contributed by atoms with Crippen molar-refractivity contribution in [1.82, 2.24) is 15.5 Å². The number of piperidine rings is 1. The summed E-state index contributed by atoms with van der Waals surface area (Å²) < 4.78 is 10.5. The van der Waals surface area contributed by atoms with Crippen molar-refractivity contribution in [3.8, 4) is 0 Å². The number of halogens is 1. The van der Waals surface area contributed by atoms with Gasteiger partial charge in [0.2, 0.25) is 0 Å². The van der Waals surface area contributed by atoms with Gasteiger partial charge >= 0.3 is 0 Å². The first-order chi connectivity index (χ1) is 12.1. The normalized spacial score (nSPS) is 16.2. The Morgan fingerprint density at radius 1 is 1.23 bits per heavy atom. The molecule has 2 rings (SSSR count). The van der Waals surface area contributed by atoms with Crippen LogP contribution in [0.5, 0.6) is 0 Å². The van der Waals surface area contributed by atoms with Gasteiger partial charge in [-0.15, -0.1) is 24.0 Å². The quantitative estimate of drug-likeness (QED) is 0.248. The highest BCUT2D eigenvalue weighted by molar-refractivity contribution is 14.0. The first-order valence-electron chi connectivity index (χ1n) is 9.40. The molecular weight excluding hydrogens is 443 g/mol. The second-order valence-electron chi connectivity index (χ2n) is 7.20. The Morgan fingerprint density at radius 3 is 2.62 bits per heavy atom. The molecule has 0 saturated carbocycles. The molecule has 1 fully saturated rings. The van der Waals surface area contributed by atoms with Crippen molar-refractivity contribution in [2.45, 2.75) is 45.1 Å². The second-order valence-corrected chi connectivity index (χ2v) is 7.20. The maximum absolute atomic E-state index is 5.38. The van der Waals surface area contributed by atoms with Crippen molar-refractivity contribution in [1.29, 1.82) is 0 Å². The number of rotatable bonds is 9. The van der Waals surface area contributed by atoms with Crippen LogP contribution < -0.4 is 10.6 Å². The van der Waals surface area contributed by atoms with E-state index in [2.05, 4.69) is 29.4 Å². The van der Waals surface area contributed by atoms with Gasteiger partial charge in [-0.3, -0.25) is 9.89 Å². The molecule has 0 aliphatic carbocycles. The molecule has 0 spiro atoms. The summed E-state index contributed by atoms with van der Waals surface area (Å²) in [5.41, 5.74) is 0.0807. The summed E-state index contributed by atoms with van der Waals surface area (Å²) in [5.74, 6) is 1.83. The standard InChI is InChI=1S/C19H34N4O2.HI/c1-19(2,23-12-5-4-6-13-23)16-22-18(21-11-15-24-3)20-10-9-17-8-7-14-25-17;/h7-8,14H,4-6,9-13,15-16H2,1-3H3,(H2,20,21,22);1H. The Balaban J connectivity index is 0.00000338. The maximum Gasteiger partial charge on any atom is 0.191 e. The van der Waals surface area contributed by atoms with Crippen molar-refractivity contribution < 1.29 is 9.15 Å². The van der Waals surface area contributed by atoms with Crippen LogP contribution in [0, 0.1) is 0 Å². The van der Waals surface area contributed by atoms with E-state index in [1.54, 1.807) is 13.4 Å². The van der Waals surface area contributed by atoms with Gasteiger partial charge in [0.25, 0.3) is 0 Å². The molecule has 0 bridgehead atoms. The lowest BCUT2D eigenvalue weighted by molar-refractivity contribution is 0.102. The Bertz CT molecular complexity index is 500. The van der Waals surface area contributed by atoms with Gasteiger partial charge in [-0.25, -0.2) is 0 Å². The minimum atomic E-state index is 0. The van der Waals surface area contributed by atoms with Crippen molar-refractivity contribution in [2.75, 3.05) is 46.4 Å². The van der Waals surface area contributed by atoms with Gasteiger partial charge < -0.3 is 19.8 Å². The number of ether oxygens (including phenoxy) is 1. The number of likely N-dealkylation sites (tertiary alicyclic amines) is 1. The lowest BCUT2D eigenvalue weighted by Crippen LogP contribution is -2.49. The second kappa shape index (κ2) is 12.6. The largest absolute Gasteiger partial charge is 0.469 e. The molecule has 1 aliphatic rings. The lowest BCUT2D eigenvalue weighted by atomic mass is 9.99. The predicted octanol–water partition coefficient (Wildman–Crippen LogP) is 2.89. The number of methoxy groups -OCH3 is 1. The van der Waals surface area contributed by atoms with E-state index in [1.165, 1.54) is 32.4 Å². The number of hydrogen-bond acceptors (Lipinski definition) is 4. The summed E-state index contributed by atoms with van der Waals surface area (Å²) in [7, 11) is 1.71. The van der Waals surface area contributed by atoms with Crippen molar-refractivity contribution in [3.63, 3.8) is 0 Å². The third-order valence-corrected chi connectivity index (χ3v) is 4.68. The zero-order valence-corrected chi connectivity index (χ0v) is 18.8. The third kappa shape index (κ3) is 8.26. The minimum absolute atomic E-state index is 0. The molecule has 1 aromatic heterocycles. The molecule has 7 heteroatoms. The molecule has 26 heavy (non-hydrogen) atoms. The van der Waals surface area contributed by atoms with Gasteiger partial charge in [0.05, 0.1) is 19.4 Å². The summed E-state index contributed by atoms with van der Waals surface area (Å²) in [5, 5.41) is 6.74. The van der Waals surface area contributed by atoms with Gasteiger partial charge in [0.1, 0.15) is 5.76 Å². The van der Waals surface area contributed by atoms with Gasteiger partial charge in [-0.05, 0) is 51.9 Å². The number of hydrogen-bond donors (Lipinski definition) is 2. The monoisotopic (exact) mass is 478 g/mol. The molecule has 0 aromatic carbocycles. The molecule has 0 radical (unpaired) electrons. The van der Waals surface area contributed by atoms with Crippen LogP contribution in [0.3, 0.4) is 0 Å². The maximum atomic E-state index is 5.38. The number of nitrogens with zero attached hydrogens (tertiary/aromatic N) is 2. The van der Waals surface area contributed by atoms with Crippen LogP contribution in [0.1, 0.15) is 38.9 Å². The lowest BCUT2D eigenvalue weighted by Gasteiger charge is -2.40. The van der Waals surface area contributed by atoms with Gasteiger partial charge in [-0.2, -0.15) is 0 Å². The zero-order valence-electron chi connectivity index (χ0n) is 16.4. The fraction of sp³-hybridized carbons (Fsp3) is 0.737. The summed E-state index contributed by atoms with van der Waals surface area (Å²) in [4.78, 5) is 7.39. The number of furan rings is 1. The Labute approximate surface area is 175 Å². The third-order valence-electron chi connectivity index (χ3n) is 4.68. The molecule has 6 nitrogen and oxygen atoms in total. The molecule has 2 N–H and O–H groups in total. The van der Waals surface area contributed by atoms with Crippen molar-refractivity contribution >= 4 is 29.9 Å². The van der Waals surface area contributed by atoms with Crippen LogP contribution in [0.2, 0.25) is 0 Å². The van der Waals surface area contributed by atoms with E-state index in [4.69, 9.17) is 14.1 Å². The Hall–Kier alpha value is -0.800. The zero-order chi connectivity index (χ0) is 18.0. The summed E-state index contributed by atoms with van der Waals surface area (Å²) >= 11 is 0. The average molecular weight is 478 g/mol. The summed E-state index contributed by atoms with van der Waals surface area (Å²) in [6.45, 7) is 9.91. The Kier molecular flexibility index (Phi) is 11.2. The van der Waals surface area contributed by atoms with Crippen LogP contribution in [-0.4, -0.2) is 62.8 Å². The molecular formula is C19H35IN4O2. The van der Waals surface area contributed by atoms with Crippen LogP contribution in [0.4, 0.5) is 0 Å². The van der Waals surface area contributed by atoms with Crippen LogP contribution in [0.25, 0.3) is 0 Å². The van der Waals surface area contributed by atoms with Crippen LogP contribution >= 0.6 is 24.0 Å². The predicted molar refractivity (Wildman–Crippen MR) is 118 cm³/mol. The fourth-order valence-electron chi connectivity index (χ4n) is 3.08. The van der Waals surface area contributed by atoms with E-state index in [1.807, 2.05) is 12.1 Å². The SMILES string of the molecule is COCCNC(=NCC(C)(C)N1CCCCC1)NCCc1ccco1.I. The van der Waals surface area contributed by atoms with E-state index in [-0.39, 0.29) is 29.5 Å². The van der Waals surface area contributed by atoms with Gasteiger partial charge in [0.15, 0.2) is 5.96 Å². The van der Waals surface area contributed by atoms with Gasteiger partial charge in [0, 0.05) is 32.2 Å². The molecule has 150 valence electrons. The molecule has 0 unspecified atom stereocenters. The van der Waals surface area contributed by atoms with E-state index < -0.39 is 0 Å². The highest BCUT2D eigenvalue weighted by Crippen LogP contribution is 2.20. The molecule has 1 saturated heterocycles. The van der Waals surface area contributed by atoms with E-state index >= 15 is 0 Å². The molecule has 0 atom stereocenters. The fourth-order valence-corrected chi connectivity index (χ4v) is 3.08.